The Hall–Kier alpha value is -2.03. The van der Waals surface area contributed by atoms with E-state index in [4.69, 9.17) is 0 Å². The molecular formula is C38H57O3P. The Morgan fingerprint density at radius 2 is 0.881 bits per heavy atom. The molecule has 0 aliphatic heterocycles. The van der Waals surface area contributed by atoms with E-state index in [-0.39, 0.29) is 26.9 Å². The van der Waals surface area contributed by atoms with Gasteiger partial charge in [0.15, 0.2) is 0 Å². The summed E-state index contributed by atoms with van der Waals surface area (Å²) < 4.78 is 0. The number of hydrogen-bond donors (Lipinski definition) is 3. The van der Waals surface area contributed by atoms with Crippen molar-refractivity contribution in [1.82, 2.24) is 0 Å². The fraction of sp³-hybridized carbons (Fsp3) is 0.526. The molecule has 0 spiro atoms. The second-order valence-corrected chi connectivity index (χ2v) is 20.3. The maximum atomic E-state index is 12.4. The Labute approximate surface area is 256 Å². The monoisotopic (exact) mass is 592 g/mol. The first-order valence-electron chi connectivity index (χ1n) is 15.3. The van der Waals surface area contributed by atoms with E-state index in [2.05, 4.69) is 128 Å². The zero-order chi connectivity index (χ0) is 32.5. The van der Waals surface area contributed by atoms with Crippen molar-refractivity contribution in [3.8, 4) is 11.1 Å². The normalized spacial score (nSPS) is 15.0. The van der Waals surface area contributed by atoms with E-state index in [1.807, 2.05) is 18.2 Å². The number of rotatable bonds is 3. The van der Waals surface area contributed by atoms with Crippen molar-refractivity contribution in [3.05, 3.63) is 82.4 Å². The van der Waals surface area contributed by atoms with E-state index < -0.39 is 18.1 Å². The van der Waals surface area contributed by atoms with Crippen LogP contribution < -0.4 is 10.6 Å². The van der Waals surface area contributed by atoms with E-state index in [1.165, 1.54) is 11.1 Å². The third kappa shape index (κ3) is 6.71. The van der Waals surface area contributed by atoms with E-state index in [9.17, 15) is 14.7 Å². The van der Waals surface area contributed by atoms with Crippen LogP contribution in [0.25, 0.3) is 11.1 Å². The summed E-state index contributed by atoms with van der Waals surface area (Å²) in [7, 11) is -5.63. The summed E-state index contributed by atoms with van der Waals surface area (Å²) >= 11 is 0. The van der Waals surface area contributed by atoms with E-state index >= 15 is 0 Å². The van der Waals surface area contributed by atoms with Crippen LogP contribution in [0.1, 0.15) is 132 Å². The Balaban J connectivity index is 2.50. The molecule has 0 saturated heterocycles. The van der Waals surface area contributed by atoms with Crippen molar-refractivity contribution in [1.29, 1.82) is 0 Å². The first kappa shape index (κ1) is 34.5. The second kappa shape index (κ2) is 10.3. The first-order valence-corrected chi connectivity index (χ1v) is 17.4. The van der Waals surface area contributed by atoms with Gasteiger partial charge in [-0.15, -0.1) is 0 Å². The number of benzene rings is 3. The summed E-state index contributed by atoms with van der Waals surface area (Å²) in [6.07, 6.45) is 0. The molecule has 0 aliphatic carbocycles. The Morgan fingerprint density at radius 3 is 1.31 bits per heavy atom. The van der Waals surface area contributed by atoms with Gasteiger partial charge in [-0.1, -0.05) is 0 Å². The minimum absolute atomic E-state index is 0.0111. The van der Waals surface area contributed by atoms with Crippen molar-refractivity contribution in [3.63, 3.8) is 0 Å². The quantitative estimate of drug-likeness (QED) is 0.266. The molecule has 0 fully saturated rings. The first-order chi connectivity index (χ1) is 18.6. The van der Waals surface area contributed by atoms with Crippen LogP contribution in [-0.4, -0.2) is 14.7 Å². The van der Waals surface area contributed by atoms with Crippen molar-refractivity contribution >= 4 is 17.9 Å². The van der Waals surface area contributed by atoms with E-state index in [1.54, 1.807) is 12.1 Å². The molecule has 3 nitrogen and oxygen atoms in total. The van der Waals surface area contributed by atoms with Crippen molar-refractivity contribution < 1.29 is 14.7 Å². The molecule has 0 aliphatic rings. The predicted molar refractivity (Wildman–Crippen MR) is 185 cm³/mol. The zero-order valence-corrected chi connectivity index (χ0v) is 29.9. The molecule has 0 unspecified atom stereocenters. The number of hydrogen-bond acceptors (Lipinski definition) is 3. The molecule has 0 saturated carbocycles. The standard InChI is InChI=1S/C38H57O3P/c1-34(2,3)25-19-21-27(29(23-25)36(7,8)9)28-17-16-18-32(33(28)38(13,14)15)42(39,40,41)31-22-20-26(35(4,5)6)24-30(31)37(10,11)12/h16-24,39-41H,1-15H3. The summed E-state index contributed by atoms with van der Waals surface area (Å²) in [5.74, 6) is 0. The van der Waals surface area contributed by atoms with Gasteiger partial charge in [-0.2, -0.15) is 0 Å². The topological polar surface area (TPSA) is 60.7 Å². The molecule has 3 N–H and O–H groups in total. The van der Waals surface area contributed by atoms with Gasteiger partial charge in [-0.3, -0.25) is 0 Å². The molecular weight excluding hydrogens is 535 g/mol. The van der Waals surface area contributed by atoms with Gasteiger partial charge in [-0.25, -0.2) is 0 Å². The van der Waals surface area contributed by atoms with Crippen LogP contribution >= 0.6 is 7.28 Å². The minimum atomic E-state index is -5.63. The van der Waals surface area contributed by atoms with Crippen LogP contribution in [0.4, 0.5) is 0 Å². The Bertz CT molecular complexity index is 1470. The van der Waals surface area contributed by atoms with Crippen LogP contribution in [0.2, 0.25) is 0 Å². The van der Waals surface area contributed by atoms with Gasteiger partial charge in [0.25, 0.3) is 0 Å². The third-order valence-electron chi connectivity index (χ3n) is 8.33. The molecule has 0 bridgehead atoms. The molecule has 232 valence electrons. The maximum absolute atomic E-state index is 12.4. The van der Waals surface area contributed by atoms with Crippen LogP contribution in [0.15, 0.2) is 54.6 Å². The second-order valence-electron chi connectivity index (χ2n) is 17.4. The van der Waals surface area contributed by atoms with Gasteiger partial charge < -0.3 is 0 Å². The molecule has 0 aromatic heterocycles. The third-order valence-corrected chi connectivity index (χ3v) is 10.9. The van der Waals surface area contributed by atoms with Gasteiger partial charge in [0.1, 0.15) is 0 Å². The predicted octanol–water partition coefficient (Wildman–Crippen LogP) is 9.07. The molecule has 3 aromatic rings. The SMILES string of the molecule is CC(C)(C)c1ccc(-c2cccc(P(O)(O)(O)c3ccc(C(C)(C)C)cc3C(C)(C)C)c2C(C)(C)C)c(C(C)(C)C)c1. The van der Waals surface area contributed by atoms with Gasteiger partial charge >= 0.3 is 257 Å². The molecule has 0 atom stereocenters. The van der Waals surface area contributed by atoms with E-state index in [0.29, 0.717) is 0 Å². The van der Waals surface area contributed by atoms with Crippen molar-refractivity contribution in [2.75, 3.05) is 0 Å². The molecule has 0 amide bonds. The fourth-order valence-corrected chi connectivity index (χ4v) is 8.53. The zero-order valence-electron chi connectivity index (χ0n) is 29.0. The van der Waals surface area contributed by atoms with Gasteiger partial charge in [0.2, 0.25) is 0 Å². The fourth-order valence-electron chi connectivity index (χ4n) is 5.85. The Kier molecular flexibility index (Phi) is 8.42. The molecule has 4 heteroatoms. The van der Waals surface area contributed by atoms with Crippen LogP contribution in [0.3, 0.4) is 0 Å². The Morgan fingerprint density at radius 1 is 0.429 bits per heavy atom. The van der Waals surface area contributed by atoms with Crippen molar-refractivity contribution in [2.24, 2.45) is 0 Å². The van der Waals surface area contributed by atoms with E-state index in [0.717, 1.165) is 27.8 Å². The molecule has 0 radical (unpaired) electrons. The van der Waals surface area contributed by atoms with Gasteiger partial charge in [0.05, 0.1) is 0 Å². The average Bonchev–Trinajstić information content (AvgIpc) is 2.80. The molecule has 0 heterocycles. The molecule has 42 heavy (non-hydrogen) atoms. The summed E-state index contributed by atoms with van der Waals surface area (Å²) in [5, 5.41) is 0.419. The molecule has 3 rings (SSSR count). The van der Waals surface area contributed by atoms with Crippen LogP contribution in [0.5, 0.6) is 0 Å². The van der Waals surface area contributed by atoms with Crippen LogP contribution in [-0.2, 0) is 27.1 Å². The summed E-state index contributed by atoms with van der Waals surface area (Å²) in [5.41, 5.74) is 5.75. The van der Waals surface area contributed by atoms with Gasteiger partial charge in [-0.05, 0) is 0 Å². The summed E-state index contributed by atoms with van der Waals surface area (Å²) in [4.78, 5) is 37.2. The average molecular weight is 593 g/mol. The molecule has 3 aromatic carbocycles. The summed E-state index contributed by atoms with van der Waals surface area (Å²) in [6.45, 7) is 32.1. The van der Waals surface area contributed by atoms with Crippen LogP contribution in [0, 0.1) is 0 Å². The van der Waals surface area contributed by atoms with Crippen molar-refractivity contribution in [2.45, 2.75) is 131 Å². The van der Waals surface area contributed by atoms with Gasteiger partial charge in [0, 0.05) is 0 Å². The summed E-state index contributed by atoms with van der Waals surface area (Å²) in [6, 6.07) is 18.0.